The molecule has 1 aliphatic rings. The van der Waals surface area contributed by atoms with Crippen molar-refractivity contribution in [3.63, 3.8) is 0 Å². The predicted molar refractivity (Wildman–Crippen MR) is 158 cm³/mol. The van der Waals surface area contributed by atoms with Crippen LogP contribution in [0.3, 0.4) is 0 Å². The van der Waals surface area contributed by atoms with E-state index in [1.54, 1.807) is 24.0 Å². The van der Waals surface area contributed by atoms with Gasteiger partial charge in [0.15, 0.2) is 5.13 Å². The Morgan fingerprint density at radius 1 is 1.00 bits per heavy atom. The van der Waals surface area contributed by atoms with E-state index in [1.807, 2.05) is 20.2 Å². The highest BCUT2D eigenvalue weighted by molar-refractivity contribution is 7.89. The number of halogens is 1. The number of hydrogen-bond acceptors (Lipinski definition) is 8. The van der Waals surface area contributed by atoms with Crippen molar-refractivity contribution in [2.45, 2.75) is 31.6 Å². The van der Waals surface area contributed by atoms with Crippen molar-refractivity contribution in [1.82, 2.24) is 19.1 Å². The van der Waals surface area contributed by atoms with E-state index in [1.165, 1.54) is 38.2 Å². The molecular formula is C28H37ClN5O5S2-. The van der Waals surface area contributed by atoms with Gasteiger partial charge in [-0.3, -0.25) is 9.69 Å². The first-order chi connectivity index (χ1) is 19.1. The van der Waals surface area contributed by atoms with Gasteiger partial charge in [0.05, 0.1) is 21.7 Å². The third-order valence-electron chi connectivity index (χ3n) is 6.82. The Kier molecular flexibility index (Phi) is 11.5. The summed E-state index contributed by atoms with van der Waals surface area (Å²) in [5, 5.41) is 0.628. The molecule has 1 saturated heterocycles. The zero-order chi connectivity index (χ0) is 28.9. The van der Waals surface area contributed by atoms with Crippen molar-refractivity contribution >= 4 is 48.7 Å². The van der Waals surface area contributed by atoms with E-state index in [0.717, 1.165) is 29.6 Å². The number of carbonyl (C=O) groups excluding carboxylic acids is 2. The number of carbonyl (C=O) groups is 2. The van der Waals surface area contributed by atoms with E-state index in [2.05, 4.69) is 24.0 Å². The molecule has 0 N–H and O–H groups in total. The first-order valence-corrected chi connectivity index (χ1v) is 15.8. The van der Waals surface area contributed by atoms with Crippen LogP contribution in [0.5, 0.6) is 0 Å². The Bertz CT molecular complexity index is 1440. The Hall–Kier alpha value is -2.77. The van der Waals surface area contributed by atoms with Gasteiger partial charge in [-0.2, -0.15) is 4.31 Å². The zero-order valence-corrected chi connectivity index (χ0v) is 26.3. The van der Waals surface area contributed by atoms with Gasteiger partial charge in [-0.25, -0.2) is 18.2 Å². The SMILES string of the molecule is CCOC(=O)N1CCN(S(=O)(=O)c2ccc(C(=O)N(CCCN(C)C)c3nc4ccc(CC)cc4s3)cc2)CC1.[Cl-]. The Balaban J connectivity index is 0.00000462. The summed E-state index contributed by atoms with van der Waals surface area (Å²) in [5.74, 6) is -0.222. The number of fused-ring (bicyclic) bond motifs is 1. The lowest BCUT2D eigenvalue weighted by Gasteiger charge is -2.33. The van der Waals surface area contributed by atoms with Crippen LogP contribution in [0.1, 0.15) is 36.2 Å². The third kappa shape index (κ3) is 7.75. The zero-order valence-electron chi connectivity index (χ0n) is 23.9. The molecule has 0 atom stereocenters. The van der Waals surface area contributed by atoms with Crippen LogP contribution in [0.15, 0.2) is 47.4 Å². The molecule has 2 amide bonds. The molecule has 13 heteroatoms. The van der Waals surface area contributed by atoms with E-state index in [4.69, 9.17) is 9.72 Å². The van der Waals surface area contributed by atoms with Gasteiger partial charge in [0.2, 0.25) is 10.0 Å². The molecule has 0 unspecified atom stereocenters. The molecule has 0 aliphatic carbocycles. The molecule has 2 aromatic carbocycles. The van der Waals surface area contributed by atoms with Crippen molar-refractivity contribution < 1.29 is 35.2 Å². The molecule has 1 aromatic heterocycles. The van der Waals surface area contributed by atoms with Gasteiger partial charge in [0.1, 0.15) is 0 Å². The first kappa shape index (κ1) is 32.7. The summed E-state index contributed by atoms with van der Waals surface area (Å²) >= 11 is 1.49. The van der Waals surface area contributed by atoms with Crippen LogP contribution in [0.4, 0.5) is 9.93 Å². The third-order valence-corrected chi connectivity index (χ3v) is 9.77. The van der Waals surface area contributed by atoms with Gasteiger partial charge < -0.3 is 26.9 Å². The largest absolute Gasteiger partial charge is 1.00 e. The maximum Gasteiger partial charge on any atom is 0.409 e. The molecule has 3 aromatic rings. The molecule has 41 heavy (non-hydrogen) atoms. The number of anilines is 1. The molecular weight excluding hydrogens is 586 g/mol. The summed E-state index contributed by atoms with van der Waals surface area (Å²) in [4.78, 5) is 35.8. The monoisotopic (exact) mass is 622 g/mol. The van der Waals surface area contributed by atoms with Gasteiger partial charge in [0, 0.05) is 38.3 Å². The van der Waals surface area contributed by atoms with Gasteiger partial charge in [-0.05, 0) is 82.4 Å². The summed E-state index contributed by atoms with van der Waals surface area (Å²) in [5.41, 5.74) is 2.46. The lowest BCUT2D eigenvalue weighted by Crippen LogP contribution is -3.00. The standard InChI is InChI=1S/C28H37N5O5S2.ClH/c1-5-21-8-13-24-25(20-21)39-27(29-24)33(15-7-14-30(3)4)26(34)22-9-11-23(12-10-22)40(36,37)32-18-16-31(17-19-32)28(35)38-6-2;/h8-13,20H,5-7,14-19H2,1-4H3;1H/p-1. The molecule has 2 heterocycles. The quantitative estimate of drug-likeness (QED) is 0.331. The van der Waals surface area contributed by atoms with Crippen LogP contribution in [-0.4, -0.2) is 99.5 Å². The van der Waals surface area contributed by atoms with Crippen molar-refractivity contribution in [2.75, 3.05) is 64.9 Å². The van der Waals surface area contributed by atoms with Crippen LogP contribution in [0.25, 0.3) is 10.2 Å². The van der Waals surface area contributed by atoms with Gasteiger partial charge in [0.25, 0.3) is 5.91 Å². The van der Waals surface area contributed by atoms with Gasteiger partial charge in [-0.1, -0.05) is 24.3 Å². The minimum Gasteiger partial charge on any atom is -1.00 e. The number of benzene rings is 2. The first-order valence-electron chi connectivity index (χ1n) is 13.5. The number of aromatic nitrogens is 1. The average Bonchev–Trinajstić information content (AvgIpc) is 3.38. The predicted octanol–water partition coefficient (Wildman–Crippen LogP) is 0.924. The van der Waals surface area contributed by atoms with Crippen molar-refractivity contribution in [3.8, 4) is 0 Å². The molecule has 10 nitrogen and oxygen atoms in total. The van der Waals surface area contributed by atoms with E-state index in [9.17, 15) is 18.0 Å². The Morgan fingerprint density at radius 3 is 2.29 bits per heavy atom. The van der Waals surface area contributed by atoms with Gasteiger partial charge in [-0.15, -0.1) is 0 Å². The minimum atomic E-state index is -3.77. The second-order valence-electron chi connectivity index (χ2n) is 9.88. The fourth-order valence-corrected chi connectivity index (χ4v) is 7.00. The Morgan fingerprint density at radius 2 is 1.68 bits per heavy atom. The summed E-state index contributed by atoms with van der Waals surface area (Å²) < 4.78 is 33.9. The number of aryl methyl sites for hydroxylation is 1. The van der Waals surface area contributed by atoms with Crippen LogP contribution < -0.4 is 17.3 Å². The number of ether oxygens (including phenoxy) is 1. The fraction of sp³-hybridized carbons (Fsp3) is 0.464. The fourth-order valence-electron chi connectivity index (χ4n) is 4.52. The molecule has 0 radical (unpaired) electrons. The van der Waals surface area contributed by atoms with E-state index < -0.39 is 16.1 Å². The van der Waals surface area contributed by atoms with Gasteiger partial charge >= 0.3 is 6.09 Å². The van der Waals surface area contributed by atoms with Crippen molar-refractivity contribution in [2.24, 2.45) is 0 Å². The summed E-state index contributed by atoms with van der Waals surface area (Å²) in [6, 6.07) is 12.2. The van der Waals surface area contributed by atoms with E-state index in [0.29, 0.717) is 17.2 Å². The Labute approximate surface area is 252 Å². The van der Waals surface area contributed by atoms with E-state index >= 15 is 0 Å². The average molecular weight is 623 g/mol. The summed E-state index contributed by atoms with van der Waals surface area (Å²) in [6.07, 6.45) is 1.25. The van der Waals surface area contributed by atoms with Crippen LogP contribution in [0.2, 0.25) is 0 Å². The summed E-state index contributed by atoms with van der Waals surface area (Å²) in [6.45, 7) is 6.30. The van der Waals surface area contributed by atoms with Crippen LogP contribution >= 0.6 is 11.3 Å². The lowest BCUT2D eigenvalue weighted by atomic mass is 10.2. The highest BCUT2D eigenvalue weighted by Gasteiger charge is 2.31. The number of rotatable bonds is 10. The molecule has 224 valence electrons. The van der Waals surface area contributed by atoms with Crippen LogP contribution in [0, 0.1) is 0 Å². The number of hydrogen-bond donors (Lipinski definition) is 0. The highest BCUT2D eigenvalue weighted by Crippen LogP contribution is 2.31. The van der Waals surface area contributed by atoms with Crippen LogP contribution in [-0.2, 0) is 21.2 Å². The van der Waals surface area contributed by atoms with Crippen molar-refractivity contribution in [3.05, 3.63) is 53.6 Å². The number of amides is 2. The molecule has 1 fully saturated rings. The lowest BCUT2D eigenvalue weighted by molar-refractivity contribution is -0.0000254. The normalized spacial score (nSPS) is 14.2. The molecule has 4 rings (SSSR count). The number of sulfonamides is 1. The smallest absolute Gasteiger partial charge is 0.409 e. The molecule has 0 bridgehead atoms. The number of nitrogens with zero attached hydrogens (tertiary/aromatic N) is 5. The minimum absolute atomic E-state index is 0. The van der Waals surface area contributed by atoms with E-state index in [-0.39, 0.29) is 56.0 Å². The molecule has 0 saturated carbocycles. The van der Waals surface area contributed by atoms with Crippen molar-refractivity contribution in [1.29, 1.82) is 0 Å². The highest BCUT2D eigenvalue weighted by atomic mass is 35.5. The maximum absolute atomic E-state index is 13.7. The number of thiazole rings is 1. The summed E-state index contributed by atoms with van der Waals surface area (Å²) in [7, 11) is 0.212. The number of piperazine rings is 1. The maximum atomic E-state index is 13.7. The molecule has 1 aliphatic heterocycles. The topological polar surface area (TPSA) is 103 Å². The molecule has 0 spiro atoms. The second kappa shape index (κ2) is 14.4. The second-order valence-corrected chi connectivity index (χ2v) is 12.8.